The van der Waals surface area contributed by atoms with Crippen molar-refractivity contribution in [1.29, 1.82) is 0 Å². The largest absolute Gasteiger partial charge is 0.489 e. The Kier molecular flexibility index (Phi) is 3.86. The maximum Gasteiger partial charge on any atom is 0.232 e. The predicted octanol–water partition coefficient (Wildman–Crippen LogP) is 4.78. The molecule has 124 valence electrons. The summed E-state index contributed by atoms with van der Waals surface area (Å²) in [6.45, 7) is 2.52. The molecule has 25 heavy (non-hydrogen) atoms. The third-order valence-electron chi connectivity index (χ3n) is 4.11. The molecule has 1 aromatic heterocycles. The van der Waals surface area contributed by atoms with Gasteiger partial charge in [0.1, 0.15) is 23.9 Å². The molecule has 4 nitrogen and oxygen atoms in total. The second kappa shape index (κ2) is 6.32. The van der Waals surface area contributed by atoms with E-state index in [1.165, 1.54) is 5.56 Å². The normalized spacial score (nSPS) is 14.4. The lowest BCUT2D eigenvalue weighted by atomic mass is 10.1. The summed E-state index contributed by atoms with van der Waals surface area (Å²) in [7, 11) is 0. The molecule has 4 rings (SSSR count). The van der Waals surface area contributed by atoms with Crippen LogP contribution in [-0.2, 0) is 6.61 Å². The summed E-state index contributed by atoms with van der Waals surface area (Å²) in [4.78, 5) is 12.4. The highest BCUT2D eigenvalue weighted by atomic mass is 16.5. The monoisotopic (exact) mass is 332 g/mol. The molecule has 0 saturated heterocycles. The molecule has 2 heterocycles. The second-order valence-electron chi connectivity index (χ2n) is 5.83. The van der Waals surface area contributed by atoms with Crippen LogP contribution in [0.1, 0.15) is 27.2 Å². The third kappa shape index (κ3) is 3.06. The Morgan fingerprint density at radius 3 is 2.76 bits per heavy atom. The molecule has 0 spiro atoms. The second-order valence-corrected chi connectivity index (χ2v) is 5.83. The molecule has 0 amide bonds. The molecule has 0 N–H and O–H groups in total. The van der Waals surface area contributed by atoms with Gasteiger partial charge in [0.2, 0.25) is 5.78 Å². The zero-order valence-corrected chi connectivity index (χ0v) is 13.7. The number of benzene rings is 2. The number of furan rings is 1. The van der Waals surface area contributed by atoms with Gasteiger partial charge in [-0.25, -0.2) is 0 Å². The number of fused-ring (bicyclic) bond motifs is 1. The van der Waals surface area contributed by atoms with E-state index in [4.69, 9.17) is 13.9 Å². The number of allylic oxidation sites excluding steroid dienone is 1. The van der Waals surface area contributed by atoms with E-state index >= 15 is 0 Å². The Balaban J connectivity index is 1.52. The van der Waals surface area contributed by atoms with Gasteiger partial charge in [0.25, 0.3) is 0 Å². The van der Waals surface area contributed by atoms with Gasteiger partial charge in [-0.05, 0) is 42.3 Å². The lowest BCUT2D eigenvalue weighted by molar-refractivity contribution is 0.101. The Morgan fingerprint density at radius 1 is 1.08 bits per heavy atom. The smallest absolute Gasteiger partial charge is 0.232 e. The summed E-state index contributed by atoms with van der Waals surface area (Å²) in [6.07, 6.45) is 3.15. The van der Waals surface area contributed by atoms with Crippen LogP contribution in [-0.4, -0.2) is 5.78 Å². The van der Waals surface area contributed by atoms with Gasteiger partial charge in [-0.1, -0.05) is 24.3 Å². The topological polar surface area (TPSA) is 48.7 Å². The first-order chi connectivity index (χ1) is 12.2. The summed E-state index contributed by atoms with van der Waals surface area (Å²) < 4.78 is 16.8. The van der Waals surface area contributed by atoms with Gasteiger partial charge in [0, 0.05) is 12.1 Å². The van der Waals surface area contributed by atoms with E-state index in [1.807, 2.05) is 18.2 Å². The molecule has 0 bridgehead atoms. The summed E-state index contributed by atoms with van der Waals surface area (Å²) in [5.74, 6) is 1.84. The van der Waals surface area contributed by atoms with Gasteiger partial charge >= 0.3 is 0 Å². The number of hydrogen-bond acceptors (Lipinski definition) is 4. The number of Topliss-reactive ketones (excluding diaryl/α,β-unsaturated/α-hetero) is 1. The summed E-state index contributed by atoms with van der Waals surface area (Å²) in [5.41, 5.74) is 2.83. The molecule has 1 aliphatic rings. The van der Waals surface area contributed by atoms with Crippen molar-refractivity contribution in [3.05, 3.63) is 89.1 Å². The minimum Gasteiger partial charge on any atom is -0.489 e. The molecule has 0 aliphatic carbocycles. The Labute approximate surface area is 145 Å². The van der Waals surface area contributed by atoms with Crippen LogP contribution in [0, 0.1) is 6.92 Å². The van der Waals surface area contributed by atoms with Gasteiger partial charge in [-0.3, -0.25) is 4.79 Å². The number of rotatable bonds is 4. The van der Waals surface area contributed by atoms with Gasteiger partial charge in [0.05, 0.1) is 11.8 Å². The van der Waals surface area contributed by atoms with E-state index < -0.39 is 0 Å². The minimum atomic E-state index is -0.156. The van der Waals surface area contributed by atoms with Crippen LogP contribution in [0.25, 0.3) is 6.08 Å². The molecule has 3 aromatic rings. The SMILES string of the molecule is Cc1ccccc1COc1ccc2c(c1)O/C(=C\c1ccco1)C2=O. The van der Waals surface area contributed by atoms with Crippen molar-refractivity contribution in [2.45, 2.75) is 13.5 Å². The van der Waals surface area contributed by atoms with Crippen molar-refractivity contribution in [1.82, 2.24) is 0 Å². The summed E-state index contributed by atoms with van der Waals surface area (Å²) in [5, 5.41) is 0. The highest BCUT2D eigenvalue weighted by Gasteiger charge is 2.28. The van der Waals surface area contributed by atoms with Crippen molar-refractivity contribution in [2.24, 2.45) is 0 Å². The fourth-order valence-corrected chi connectivity index (χ4v) is 2.69. The number of ketones is 1. The summed E-state index contributed by atoms with van der Waals surface area (Å²) in [6, 6.07) is 16.9. The van der Waals surface area contributed by atoms with Crippen LogP contribution in [0.3, 0.4) is 0 Å². The van der Waals surface area contributed by atoms with Crippen molar-refractivity contribution in [2.75, 3.05) is 0 Å². The highest BCUT2D eigenvalue weighted by Crippen LogP contribution is 2.35. The minimum absolute atomic E-state index is 0.156. The molecule has 0 saturated carbocycles. The lowest BCUT2D eigenvalue weighted by Crippen LogP contribution is -1.98. The average Bonchev–Trinajstić information content (AvgIpc) is 3.23. The average molecular weight is 332 g/mol. The van der Waals surface area contributed by atoms with E-state index in [2.05, 4.69) is 13.0 Å². The van der Waals surface area contributed by atoms with Crippen molar-refractivity contribution in [3.8, 4) is 11.5 Å². The molecule has 4 heteroatoms. The van der Waals surface area contributed by atoms with Gasteiger partial charge in [0.15, 0.2) is 5.76 Å². The molecular formula is C21H16O4. The predicted molar refractivity (Wildman–Crippen MR) is 93.6 cm³/mol. The Hall–Kier alpha value is -3.27. The van der Waals surface area contributed by atoms with Crippen LogP contribution in [0.4, 0.5) is 0 Å². The van der Waals surface area contributed by atoms with E-state index in [9.17, 15) is 4.79 Å². The summed E-state index contributed by atoms with van der Waals surface area (Å²) >= 11 is 0. The fourth-order valence-electron chi connectivity index (χ4n) is 2.69. The number of hydrogen-bond donors (Lipinski definition) is 0. The molecule has 2 aromatic carbocycles. The van der Waals surface area contributed by atoms with Crippen LogP contribution < -0.4 is 9.47 Å². The van der Waals surface area contributed by atoms with Gasteiger partial charge in [-0.15, -0.1) is 0 Å². The van der Waals surface area contributed by atoms with Crippen molar-refractivity contribution < 1.29 is 18.7 Å². The van der Waals surface area contributed by atoms with Crippen molar-refractivity contribution >= 4 is 11.9 Å². The Bertz CT molecular complexity index is 952. The first-order valence-corrected chi connectivity index (χ1v) is 8.00. The molecule has 0 unspecified atom stereocenters. The molecule has 0 atom stereocenters. The van der Waals surface area contributed by atoms with E-state index in [1.54, 1.807) is 42.7 Å². The molecule has 0 radical (unpaired) electrons. The van der Waals surface area contributed by atoms with Crippen LogP contribution in [0.15, 0.2) is 71.0 Å². The number of carbonyl (C=O) groups is 1. The first-order valence-electron chi connectivity index (χ1n) is 8.00. The maximum atomic E-state index is 12.4. The maximum absolute atomic E-state index is 12.4. The zero-order chi connectivity index (χ0) is 17.2. The molecule has 1 aliphatic heterocycles. The molecule has 0 fully saturated rings. The molecular weight excluding hydrogens is 316 g/mol. The number of aryl methyl sites for hydroxylation is 1. The van der Waals surface area contributed by atoms with Crippen LogP contribution >= 0.6 is 0 Å². The van der Waals surface area contributed by atoms with Crippen LogP contribution in [0.5, 0.6) is 11.5 Å². The van der Waals surface area contributed by atoms with Crippen LogP contribution in [0.2, 0.25) is 0 Å². The standard InChI is InChI=1S/C21H16O4/c1-14-5-2-3-6-15(14)13-24-17-8-9-18-19(11-17)25-20(21(18)22)12-16-7-4-10-23-16/h2-12H,13H2,1H3/b20-12-. The zero-order valence-electron chi connectivity index (χ0n) is 13.7. The third-order valence-corrected chi connectivity index (χ3v) is 4.11. The quantitative estimate of drug-likeness (QED) is 0.645. The fraction of sp³-hybridized carbons (Fsp3) is 0.0952. The lowest BCUT2D eigenvalue weighted by Gasteiger charge is -2.09. The van der Waals surface area contributed by atoms with Crippen molar-refractivity contribution in [3.63, 3.8) is 0 Å². The number of carbonyl (C=O) groups excluding carboxylic acids is 1. The Morgan fingerprint density at radius 2 is 1.96 bits per heavy atom. The van der Waals surface area contributed by atoms with E-state index in [0.717, 1.165) is 5.56 Å². The van der Waals surface area contributed by atoms with Gasteiger partial charge in [-0.2, -0.15) is 0 Å². The van der Waals surface area contributed by atoms with E-state index in [-0.39, 0.29) is 11.5 Å². The number of ether oxygens (including phenoxy) is 2. The van der Waals surface area contributed by atoms with Gasteiger partial charge < -0.3 is 13.9 Å². The highest BCUT2D eigenvalue weighted by molar-refractivity contribution is 6.14. The first kappa shape index (κ1) is 15.3. The van der Waals surface area contributed by atoms with E-state index in [0.29, 0.717) is 29.4 Å².